The van der Waals surface area contributed by atoms with E-state index in [1.54, 1.807) is 18.2 Å². The summed E-state index contributed by atoms with van der Waals surface area (Å²) in [6.45, 7) is 2.17. The highest BCUT2D eigenvalue weighted by Crippen LogP contribution is 2.43. The van der Waals surface area contributed by atoms with Gasteiger partial charge in [-0.25, -0.2) is 0 Å². The topological polar surface area (TPSA) is 37.3 Å². The molecule has 4 heteroatoms. The number of carbonyl (C=O) groups is 1. The first-order valence-corrected chi connectivity index (χ1v) is 7.90. The van der Waals surface area contributed by atoms with Gasteiger partial charge in [-0.1, -0.05) is 36.5 Å². The van der Waals surface area contributed by atoms with Crippen LogP contribution in [0.25, 0.3) is 0 Å². The van der Waals surface area contributed by atoms with Gasteiger partial charge in [-0.3, -0.25) is 4.79 Å². The summed E-state index contributed by atoms with van der Waals surface area (Å²) in [5, 5.41) is 10.9. The van der Waals surface area contributed by atoms with E-state index in [2.05, 4.69) is 6.92 Å². The number of rotatable bonds is 4. The van der Waals surface area contributed by atoms with E-state index in [4.69, 9.17) is 23.2 Å². The van der Waals surface area contributed by atoms with Crippen LogP contribution in [-0.4, -0.2) is 11.1 Å². The Balaban J connectivity index is 2.22. The zero-order chi connectivity index (χ0) is 14.8. The van der Waals surface area contributed by atoms with Crippen molar-refractivity contribution in [3.05, 3.63) is 33.8 Å². The third-order valence-electron chi connectivity index (χ3n) is 4.63. The van der Waals surface area contributed by atoms with E-state index in [1.165, 1.54) is 0 Å². The molecule has 110 valence electrons. The molecule has 0 atom stereocenters. The van der Waals surface area contributed by atoms with E-state index in [1.807, 2.05) is 0 Å². The molecule has 1 aromatic rings. The number of carboxylic acid groups (broad SMARTS) is 1. The zero-order valence-corrected chi connectivity index (χ0v) is 13.2. The molecule has 0 aliphatic heterocycles. The number of hydrogen-bond donors (Lipinski definition) is 1. The molecule has 1 aliphatic rings. The zero-order valence-electron chi connectivity index (χ0n) is 11.7. The van der Waals surface area contributed by atoms with Crippen LogP contribution in [0.4, 0.5) is 0 Å². The second-order valence-electron chi connectivity index (χ2n) is 5.85. The standard InChI is InChI=1S/C16H20Cl2O2/c1-2-11-5-7-16(8-6-11,15(19)20)10-12-9-13(17)3-4-14(12)18/h3-4,9,11H,2,5-8,10H2,1H3,(H,19,20). The van der Waals surface area contributed by atoms with Gasteiger partial charge in [0.05, 0.1) is 5.41 Å². The van der Waals surface area contributed by atoms with Crippen molar-refractivity contribution < 1.29 is 9.90 Å². The van der Waals surface area contributed by atoms with Gasteiger partial charge < -0.3 is 5.11 Å². The molecular formula is C16H20Cl2O2. The molecule has 2 nitrogen and oxygen atoms in total. The quantitative estimate of drug-likeness (QED) is 0.828. The van der Waals surface area contributed by atoms with Crippen molar-refractivity contribution in [2.45, 2.75) is 45.4 Å². The van der Waals surface area contributed by atoms with Gasteiger partial charge in [0.25, 0.3) is 0 Å². The second-order valence-corrected chi connectivity index (χ2v) is 6.69. The van der Waals surface area contributed by atoms with Crippen LogP contribution >= 0.6 is 23.2 Å². The Morgan fingerprint density at radius 2 is 2.00 bits per heavy atom. The molecule has 1 aromatic carbocycles. The van der Waals surface area contributed by atoms with Gasteiger partial charge in [-0.05, 0) is 61.8 Å². The van der Waals surface area contributed by atoms with Crippen molar-refractivity contribution in [3.8, 4) is 0 Å². The molecule has 0 amide bonds. The first kappa shape index (κ1) is 15.7. The number of carboxylic acids is 1. The highest BCUT2D eigenvalue weighted by Gasteiger charge is 2.41. The minimum atomic E-state index is -0.705. The molecule has 1 fully saturated rings. The van der Waals surface area contributed by atoms with E-state index in [-0.39, 0.29) is 0 Å². The number of hydrogen-bond acceptors (Lipinski definition) is 1. The summed E-state index contributed by atoms with van der Waals surface area (Å²) < 4.78 is 0. The first-order chi connectivity index (χ1) is 9.47. The summed E-state index contributed by atoms with van der Waals surface area (Å²) >= 11 is 12.2. The monoisotopic (exact) mass is 314 g/mol. The molecule has 0 aromatic heterocycles. The highest BCUT2D eigenvalue weighted by molar-refractivity contribution is 6.33. The number of aliphatic carboxylic acids is 1. The van der Waals surface area contributed by atoms with Gasteiger partial charge in [0, 0.05) is 10.0 Å². The maximum atomic E-state index is 11.8. The Bertz CT molecular complexity index is 491. The van der Waals surface area contributed by atoms with Crippen molar-refractivity contribution in [1.29, 1.82) is 0 Å². The molecule has 0 bridgehead atoms. The Kier molecular flexibility index (Phi) is 4.98. The lowest BCUT2D eigenvalue weighted by Gasteiger charge is -2.37. The van der Waals surface area contributed by atoms with Crippen molar-refractivity contribution in [1.82, 2.24) is 0 Å². The van der Waals surface area contributed by atoms with Gasteiger partial charge >= 0.3 is 5.97 Å². The third kappa shape index (κ3) is 3.29. The Labute approximate surface area is 130 Å². The maximum Gasteiger partial charge on any atom is 0.309 e. The SMILES string of the molecule is CCC1CCC(Cc2cc(Cl)ccc2Cl)(C(=O)O)CC1. The Morgan fingerprint density at radius 1 is 1.35 bits per heavy atom. The van der Waals surface area contributed by atoms with E-state index in [0.29, 0.717) is 22.4 Å². The highest BCUT2D eigenvalue weighted by atomic mass is 35.5. The summed E-state index contributed by atoms with van der Waals surface area (Å²) in [6.07, 6.45) is 5.03. The molecule has 1 aliphatic carbocycles. The fraction of sp³-hybridized carbons (Fsp3) is 0.562. The molecule has 1 N–H and O–H groups in total. The molecule has 0 unspecified atom stereocenters. The number of benzene rings is 1. The maximum absolute atomic E-state index is 11.8. The summed E-state index contributed by atoms with van der Waals surface area (Å²) in [7, 11) is 0. The van der Waals surface area contributed by atoms with Gasteiger partial charge in [-0.15, -0.1) is 0 Å². The fourth-order valence-electron chi connectivity index (χ4n) is 3.15. The average molecular weight is 315 g/mol. The van der Waals surface area contributed by atoms with Crippen LogP contribution in [0.3, 0.4) is 0 Å². The van der Waals surface area contributed by atoms with Crippen LogP contribution in [0.1, 0.15) is 44.6 Å². The lowest BCUT2D eigenvalue weighted by molar-refractivity contribution is -0.151. The lowest BCUT2D eigenvalue weighted by atomic mass is 9.67. The molecule has 1 saturated carbocycles. The smallest absolute Gasteiger partial charge is 0.309 e. The Hall–Kier alpha value is -0.730. The summed E-state index contributed by atoms with van der Waals surface area (Å²) in [4.78, 5) is 11.8. The predicted molar refractivity (Wildman–Crippen MR) is 82.5 cm³/mol. The predicted octanol–water partition coefficient (Wildman–Crippen LogP) is 5.21. The molecule has 0 saturated heterocycles. The molecule has 2 rings (SSSR count). The van der Waals surface area contributed by atoms with Crippen molar-refractivity contribution in [3.63, 3.8) is 0 Å². The number of halogens is 2. The van der Waals surface area contributed by atoms with Gasteiger partial charge in [0.15, 0.2) is 0 Å². The normalized spacial score (nSPS) is 26.4. The Morgan fingerprint density at radius 3 is 2.55 bits per heavy atom. The van der Waals surface area contributed by atoms with E-state index >= 15 is 0 Å². The lowest BCUT2D eigenvalue weighted by Crippen LogP contribution is -2.37. The second kappa shape index (κ2) is 6.36. The van der Waals surface area contributed by atoms with Crippen molar-refractivity contribution in [2.24, 2.45) is 11.3 Å². The van der Waals surface area contributed by atoms with Gasteiger partial charge in [0.2, 0.25) is 0 Å². The van der Waals surface area contributed by atoms with Gasteiger partial charge in [0.1, 0.15) is 0 Å². The molecule has 20 heavy (non-hydrogen) atoms. The minimum Gasteiger partial charge on any atom is -0.481 e. The van der Waals surface area contributed by atoms with Crippen molar-refractivity contribution >= 4 is 29.2 Å². The molecule has 0 radical (unpaired) electrons. The van der Waals surface area contributed by atoms with Crippen LogP contribution in [0, 0.1) is 11.3 Å². The molecule has 0 spiro atoms. The fourth-order valence-corrected chi connectivity index (χ4v) is 3.53. The average Bonchev–Trinajstić information content (AvgIpc) is 2.43. The first-order valence-electron chi connectivity index (χ1n) is 7.14. The molecule has 0 heterocycles. The summed E-state index contributed by atoms with van der Waals surface area (Å²) in [5.41, 5.74) is 0.163. The van der Waals surface area contributed by atoms with Crippen LogP contribution < -0.4 is 0 Å². The van der Waals surface area contributed by atoms with E-state index in [9.17, 15) is 9.90 Å². The van der Waals surface area contributed by atoms with Crippen LogP contribution in [0.2, 0.25) is 10.0 Å². The van der Waals surface area contributed by atoms with E-state index < -0.39 is 11.4 Å². The summed E-state index contributed by atoms with van der Waals surface area (Å²) in [6, 6.07) is 5.27. The third-order valence-corrected chi connectivity index (χ3v) is 5.23. The molecular weight excluding hydrogens is 295 g/mol. The van der Waals surface area contributed by atoms with Gasteiger partial charge in [-0.2, -0.15) is 0 Å². The minimum absolute atomic E-state index is 0.470. The van der Waals surface area contributed by atoms with E-state index in [0.717, 1.165) is 37.7 Å². The van der Waals surface area contributed by atoms with Crippen LogP contribution in [0.5, 0.6) is 0 Å². The largest absolute Gasteiger partial charge is 0.481 e. The van der Waals surface area contributed by atoms with Crippen LogP contribution in [-0.2, 0) is 11.2 Å². The summed E-state index contributed by atoms with van der Waals surface area (Å²) in [5.74, 6) is -0.0413. The van der Waals surface area contributed by atoms with Crippen molar-refractivity contribution in [2.75, 3.05) is 0 Å². The van der Waals surface area contributed by atoms with Crippen LogP contribution in [0.15, 0.2) is 18.2 Å².